The van der Waals surface area contributed by atoms with Gasteiger partial charge in [-0.2, -0.15) is 4.57 Å². The van der Waals surface area contributed by atoms with E-state index in [9.17, 15) is 20.3 Å². The lowest BCUT2D eigenvalue weighted by atomic mass is 10.1. The zero-order valence-electron chi connectivity index (χ0n) is 17.0. The van der Waals surface area contributed by atoms with E-state index in [1.807, 2.05) is 32.0 Å². The van der Waals surface area contributed by atoms with Crippen molar-refractivity contribution in [3.05, 3.63) is 99.4 Å². The van der Waals surface area contributed by atoms with Crippen molar-refractivity contribution in [2.24, 2.45) is 0 Å². The Morgan fingerprint density at radius 1 is 1.13 bits per heavy atom. The van der Waals surface area contributed by atoms with Crippen LogP contribution in [0.15, 0.2) is 67.0 Å². The zero-order valence-corrected chi connectivity index (χ0v) is 17.8. The highest BCUT2D eigenvalue weighted by Crippen LogP contribution is 2.22. The first-order valence-electron chi connectivity index (χ1n) is 9.47. The van der Waals surface area contributed by atoms with E-state index in [0.717, 1.165) is 16.8 Å². The molecule has 0 bridgehead atoms. The van der Waals surface area contributed by atoms with Crippen LogP contribution < -0.4 is 15.0 Å². The summed E-state index contributed by atoms with van der Waals surface area (Å²) in [5.74, 6) is -0.405. The number of aromatic nitrogens is 1. The van der Waals surface area contributed by atoms with Crippen LogP contribution in [0.3, 0.4) is 0 Å². The average Bonchev–Trinajstić information content (AvgIpc) is 2.77. The molecule has 158 valence electrons. The number of pyridine rings is 1. The summed E-state index contributed by atoms with van der Waals surface area (Å²) < 4.78 is 1.55. The number of nitro benzene ring substituents is 1. The Bertz CT molecular complexity index is 1170. The number of aliphatic hydroxyl groups is 1. The molecule has 0 aliphatic carbocycles. The molecule has 0 saturated carbocycles. The van der Waals surface area contributed by atoms with E-state index in [1.54, 1.807) is 29.1 Å². The van der Waals surface area contributed by atoms with E-state index in [-0.39, 0.29) is 28.5 Å². The molecule has 0 saturated heterocycles. The van der Waals surface area contributed by atoms with Gasteiger partial charge in [0.05, 0.1) is 11.5 Å². The molecule has 3 rings (SSSR count). The lowest BCUT2D eigenvalue weighted by Gasteiger charge is -2.18. The standard InChI is InChI=1S/C23H21N3O4S/c1-15-5-3-7-20(16(15)2)24-23(31)21(25-12-4-6-17(13-25)14-27)22(28)18-8-10-19(11-9-18)26(29)30/h3-13,27H,14H2,1-2H3,(H-,24,28,31). The van der Waals surface area contributed by atoms with Crippen molar-refractivity contribution in [2.45, 2.75) is 20.5 Å². The van der Waals surface area contributed by atoms with Crippen LogP contribution in [0, 0.1) is 24.0 Å². The molecule has 31 heavy (non-hydrogen) atoms. The van der Waals surface area contributed by atoms with Gasteiger partial charge in [0, 0.05) is 29.4 Å². The smallest absolute Gasteiger partial charge is 0.269 e. The number of rotatable bonds is 6. The Kier molecular flexibility index (Phi) is 6.74. The molecule has 0 fully saturated rings. The van der Waals surface area contributed by atoms with Gasteiger partial charge in [0.2, 0.25) is 5.70 Å². The van der Waals surface area contributed by atoms with Crippen LogP contribution in [0.1, 0.15) is 22.3 Å². The molecule has 7 nitrogen and oxygen atoms in total. The van der Waals surface area contributed by atoms with Gasteiger partial charge in [-0.3, -0.25) is 10.1 Å². The van der Waals surface area contributed by atoms with Crippen molar-refractivity contribution in [1.82, 2.24) is 0 Å². The molecular formula is C23H21N3O4S. The normalized spacial score (nSPS) is 11.6. The molecule has 2 aromatic carbocycles. The van der Waals surface area contributed by atoms with Crippen molar-refractivity contribution in [2.75, 3.05) is 5.32 Å². The highest BCUT2D eigenvalue weighted by Gasteiger charge is 2.20. The lowest BCUT2D eigenvalue weighted by molar-refractivity contribution is -0.578. The van der Waals surface area contributed by atoms with E-state index >= 15 is 0 Å². The summed E-state index contributed by atoms with van der Waals surface area (Å²) >= 11 is 5.60. The van der Waals surface area contributed by atoms with Crippen LogP contribution in [-0.2, 0) is 6.61 Å². The quantitative estimate of drug-likeness (QED) is 0.154. The third-order valence-corrected chi connectivity index (χ3v) is 5.22. The fraction of sp³-hybridized carbons (Fsp3) is 0.130. The predicted octanol–water partition coefficient (Wildman–Crippen LogP) is 3.12. The first-order valence-corrected chi connectivity index (χ1v) is 9.87. The minimum Gasteiger partial charge on any atom is -0.867 e. The molecule has 2 N–H and O–H groups in total. The maximum atomic E-state index is 13.4. The summed E-state index contributed by atoms with van der Waals surface area (Å²) in [5, 5.41) is 37.0. The van der Waals surface area contributed by atoms with Gasteiger partial charge in [-0.1, -0.05) is 24.4 Å². The molecule has 8 heteroatoms. The number of hydrogen-bond acceptors (Lipinski definition) is 5. The second-order valence-electron chi connectivity index (χ2n) is 6.96. The molecule has 0 aliphatic rings. The number of nitro groups is 1. The topological polar surface area (TPSA) is 102 Å². The number of benzene rings is 2. The number of aliphatic hydroxyl groups excluding tert-OH is 1. The highest BCUT2D eigenvalue weighted by molar-refractivity contribution is 7.81. The third kappa shape index (κ3) is 4.93. The molecule has 3 aromatic rings. The van der Waals surface area contributed by atoms with Crippen molar-refractivity contribution in [3.8, 4) is 0 Å². The Balaban J connectivity index is 2.11. The number of anilines is 1. The van der Waals surface area contributed by atoms with Crippen LogP contribution in [0.5, 0.6) is 0 Å². The number of nitrogens with one attached hydrogen (secondary N) is 1. The summed E-state index contributed by atoms with van der Waals surface area (Å²) in [5.41, 5.74) is 3.77. The van der Waals surface area contributed by atoms with Crippen molar-refractivity contribution in [3.63, 3.8) is 0 Å². The van der Waals surface area contributed by atoms with Crippen molar-refractivity contribution in [1.29, 1.82) is 0 Å². The van der Waals surface area contributed by atoms with Gasteiger partial charge < -0.3 is 15.5 Å². The first-order chi connectivity index (χ1) is 14.8. The van der Waals surface area contributed by atoms with Gasteiger partial charge in [-0.25, -0.2) is 0 Å². The van der Waals surface area contributed by atoms with E-state index in [2.05, 4.69) is 5.32 Å². The van der Waals surface area contributed by atoms with Crippen LogP contribution in [0.2, 0.25) is 0 Å². The van der Waals surface area contributed by atoms with Gasteiger partial charge >= 0.3 is 0 Å². The number of thiocarbonyl (C=S) groups is 1. The van der Waals surface area contributed by atoms with E-state index in [0.29, 0.717) is 5.56 Å². The monoisotopic (exact) mass is 435 g/mol. The molecular weight excluding hydrogens is 414 g/mol. The minimum atomic E-state index is -0.523. The molecule has 0 amide bonds. The van der Waals surface area contributed by atoms with Crippen molar-refractivity contribution >= 4 is 40.0 Å². The average molecular weight is 436 g/mol. The SMILES string of the molecule is Cc1cccc(NC(=S)/C(=C(\[O-])c2ccc([N+](=O)[O-])cc2)[n+]2cccc(CO)c2)c1C. The predicted molar refractivity (Wildman–Crippen MR) is 121 cm³/mol. The van der Waals surface area contributed by atoms with E-state index in [1.165, 1.54) is 24.3 Å². The fourth-order valence-corrected chi connectivity index (χ4v) is 3.34. The molecule has 1 aromatic heterocycles. The van der Waals surface area contributed by atoms with Crippen LogP contribution >= 0.6 is 12.2 Å². The van der Waals surface area contributed by atoms with Gasteiger partial charge in [-0.15, -0.1) is 0 Å². The van der Waals surface area contributed by atoms with Gasteiger partial charge in [0.15, 0.2) is 17.4 Å². The van der Waals surface area contributed by atoms with Crippen molar-refractivity contribution < 1.29 is 19.7 Å². The molecule has 0 atom stereocenters. The summed E-state index contributed by atoms with van der Waals surface area (Å²) in [6.07, 6.45) is 3.28. The second-order valence-corrected chi connectivity index (χ2v) is 7.37. The van der Waals surface area contributed by atoms with Gasteiger partial charge in [-0.05, 0) is 60.6 Å². The maximum absolute atomic E-state index is 13.4. The fourth-order valence-electron chi connectivity index (χ4n) is 3.03. The maximum Gasteiger partial charge on any atom is 0.269 e. The third-order valence-electron chi connectivity index (χ3n) is 4.93. The Morgan fingerprint density at radius 3 is 2.48 bits per heavy atom. The molecule has 0 aliphatic heterocycles. The lowest BCUT2D eigenvalue weighted by Crippen LogP contribution is -2.40. The van der Waals surface area contributed by atoms with Crippen LogP contribution in [0.4, 0.5) is 11.4 Å². The Labute approximate surface area is 185 Å². The van der Waals surface area contributed by atoms with Gasteiger partial charge in [0.1, 0.15) is 0 Å². The van der Waals surface area contributed by atoms with Crippen LogP contribution in [-0.4, -0.2) is 15.0 Å². The summed E-state index contributed by atoms with van der Waals surface area (Å²) in [7, 11) is 0. The van der Waals surface area contributed by atoms with E-state index in [4.69, 9.17) is 12.2 Å². The summed E-state index contributed by atoms with van der Waals surface area (Å²) in [6.45, 7) is 3.74. The zero-order chi connectivity index (χ0) is 22.5. The number of nitrogens with zero attached hydrogens (tertiary/aromatic N) is 2. The molecule has 0 radical (unpaired) electrons. The minimum absolute atomic E-state index is 0.107. The second kappa shape index (κ2) is 9.46. The molecule has 0 spiro atoms. The number of hydrogen-bond donors (Lipinski definition) is 2. The van der Waals surface area contributed by atoms with Crippen LogP contribution in [0.25, 0.3) is 11.5 Å². The highest BCUT2D eigenvalue weighted by atomic mass is 32.1. The summed E-state index contributed by atoms with van der Waals surface area (Å²) in [4.78, 5) is 10.6. The molecule has 1 heterocycles. The van der Waals surface area contributed by atoms with Gasteiger partial charge in [0.25, 0.3) is 5.69 Å². The summed E-state index contributed by atoms with van der Waals surface area (Å²) in [6, 6.07) is 14.5. The van der Waals surface area contributed by atoms with E-state index < -0.39 is 10.7 Å². The molecule has 0 unspecified atom stereocenters. The Morgan fingerprint density at radius 2 is 1.84 bits per heavy atom. The Hall–Kier alpha value is -3.62. The number of non-ortho nitro benzene ring substituents is 1. The first kappa shape index (κ1) is 22.1. The number of aryl methyl sites for hydroxylation is 1. The largest absolute Gasteiger partial charge is 0.867 e.